The average Bonchev–Trinajstić information content (AvgIpc) is 2.66. The van der Waals surface area contributed by atoms with Gasteiger partial charge in [-0.05, 0) is 11.6 Å². The molecule has 0 aliphatic carbocycles. The monoisotopic (exact) mass is 356 g/mol. The highest BCUT2D eigenvalue weighted by Gasteiger charge is 2.11. The third-order valence-electron chi connectivity index (χ3n) is 3.84. The highest BCUT2D eigenvalue weighted by molar-refractivity contribution is 5.80. The van der Waals surface area contributed by atoms with Gasteiger partial charge in [0.1, 0.15) is 0 Å². The van der Waals surface area contributed by atoms with E-state index in [0.29, 0.717) is 31.0 Å². The zero-order valence-electron chi connectivity index (χ0n) is 15.1. The second-order valence-electron chi connectivity index (χ2n) is 5.69. The van der Waals surface area contributed by atoms with Crippen molar-refractivity contribution >= 4 is 11.8 Å². The summed E-state index contributed by atoms with van der Waals surface area (Å²) in [6.07, 6.45) is 0.524. The number of hydrogen-bond donors (Lipinski definition) is 2. The Balaban J connectivity index is 1.73. The molecular formula is C20H24N2O4. The van der Waals surface area contributed by atoms with Crippen molar-refractivity contribution in [2.75, 3.05) is 20.8 Å². The zero-order chi connectivity index (χ0) is 18.8. The molecule has 0 fully saturated rings. The van der Waals surface area contributed by atoms with Crippen LogP contribution in [0, 0.1) is 0 Å². The molecule has 2 rings (SSSR count). The fourth-order valence-electron chi connectivity index (χ4n) is 2.53. The molecule has 2 aromatic rings. The van der Waals surface area contributed by atoms with Crippen LogP contribution in [0.5, 0.6) is 11.5 Å². The summed E-state index contributed by atoms with van der Waals surface area (Å²) in [5.74, 6) is 0.979. The normalized spacial score (nSPS) is 10.1. The van der Waals surface area contributed by atoms with Gasteiger partial charge in [0, 0.05) is 25.1 Å². The molecule has 0 saturated heterocycles. The van der Waals surface area contributed by atoms with E-state index < -0.39 is 0 Å². The number of benzene rings is 2. The lowest BCUT2D eigenvalue weighted by Crippen LogP contribution is -2.31. The number of carbonyl (C=O) groups is 2. The first-order valence-electron chi connectivity index (χ1n) is 8.41. The van der Waals surface area contributed by atoms with Gasteiger partial charge < -0.3 is 20.1 Å². The summed E-state index contributed by atoms with van der Waals surface area (Å²) in [7, 11) is 3.13. The Morgan fingerprint density at radius 2 is 1.65 bits per heavy atom. The van der Waals surface area contributed by atoms with Crippen molar-refractivity contribution in [2.45, 2.75) is 19.4 Å². The Morgan fingerprint density at radius 3 is 2.35 bits per heavy atom. The molecule has 0 heterocycles. The van der Waals surface area contributed by atoms with Crippen molar-refractivity contribution < 1.29 is 19.1 Å². The van der Waals surface area contributed by atoms with Gasteiger partial charge in [0.15, 0.2) is 11.5 Å². The first-order chi connectivity index (χ1) is 12.6. The maximum atomic E-state index is 12.0. The molecule has 26 heavy (non-hydrogen) atoms. The quantitative estimate of drug-likeness (QED) is 0.721. The van der Waals surface area contributed by atoms with E-state index in [1.54, 1.807) is 20.3 Å². The predicted molar refractivity (Wildman–Crippen MR) is 99.2 cm³/mol. The van der Waals surface area contributed by atoms with Crippen LogP contribution in [-0.2, 0) is 22.6 Å². The van der Waals surface area contributed by atoms with Crippen molar-refractivity contribution in [3.63, 3.8) is 0 Å². The lowest BCUT2D eigenvalue weighted by molar-refractivity contribution is -0.122. The van der Waals surface area contributed by atoms with E-state index in [9.17, 15) is 9.59 Å². The number of para-hydroxylation sites is 1. The van der Waals surface area contributed by atoms with E-state index in [0.717, 1.165) is 11.1 Å². The number of amides is 2. The van der Waals surface area contributed by atoms with Crippen molar-refractivity contribution in [2.24, 2.45) is 0 Å². The summed E-state index contributed by atoms with van der Waals surface area (Å²) in [5.41, 5.74) is 1.77. The first kappa shape index (κ1) is 19.3. The van der Waals surface area contributed by atoms with Gasteiger partial charge in [-0.2, -0.15) is 0 Å². The maximum absolute atomic E-state index is 12.0. The van der Waals surface area contributed by atoms with Crippen LogP contribution in [0.15, 0.2) is 48.5 Å². The fraction of sp³-hybridized carbons (Fsp3) is 0.300. The molecule has 6 heteroatoms. The summed E-state index contributed by atoms with van der Waals surface area (Å²) in [4.78, 5) is 23.8. The molecule has 0 radical (unpaired) electrons. The molecule has 0 spiro atoms. The van der Waals surface area contributed by atoms with Gasteiger partial charge in [0.2, 0.25) is 11.8 Å². The summed E-state index contributed by atoms with van der Waals surface area (Å²) < 4.78 is 10.6. The summed E-state index contributed by atoms with van der Waals surface area (Å²) in [6, 6.07) is 15.0. The number of ether oxygens (including phenoxy) is 2. The molecule has 0 aromatic heterocycles. The minimum Gasteiger partial charge on any atom is -0.493 e. The maximum Gasteiger partial charge on any atom is 0.224 e. The molecule has 0 unspecified atom stereocenters. The topological polar surface area (TPSA) is 76.7 Å². The Labute approximate surface area is 153 Å². The number of nitrogens with one attached hydrogen (secondary N) is 2. The highest BCUT2D eigenvalue weighted by Crippen LogP contribution is 2.30. The minimum absolute atomic E-state index is 0.0986. The lowest BCUT2D eigenvalue weighted by atomic mass is 10.1. The molecule has 0 bridgehead atoms. The largest absolute Gasteiger partial charge is 0.493 e. The van der Waals surface area contributed by atoms with Gasteiger partial charge in [-0.25, -0.2) is 0 Å². The highest BCUT2D eigenvalue weighted by atomic mass is 16.5. The lowest BCUT2D eigenvalue weighted by Gasteiger charge is -2.13. The summed E-state index contributed by atoms with van der Waals surface area (Å²) in [6.45, 7) is 0.629. The molecule has 2 amide bonds. The molecule has 0 atom stereocenters. The van der Waals surface area contributed by atoms with Crippen LogP contribution in [0.25, 0.3) is 0 Å². The molecule has 2 N–H and O–H groups in total. The molecule has 6 nitrogen and oxygen atoms in total. The van der Waals surface area contributed by atoms with Gasteiger partial charge in [-0.15, -0.1) is 0 Å². The van der Waals surface area contributed by atoms with Crippen LogP contribution in [0.1, 0.15) is 17.5 Å². The van der Waals surface area contributed by atoms with Crippen LogP contribution < -0.4 is 20.1 Å². The Morgan fingerprint density at radius 1 is 0.885 bits per heavy atom. The van der Waals surface area contributed by atoms with E-state index in [2.05, 4.69) is 10.6 Å². The van der Waals surface area contributed by atoms with Crippen LogP contribution >= 0.6 is 0 Å². The Hall–Kier alpha value is -3.02. The second-order valence-corrected chi connectivity index (χ2v) is 5.69. The van der Waals surface area contributed by atoms with Crippen LogP contribution in [0.3, 0.4) is 0 Å². The predicted octanol–water partition coefficient (Wildman–Crippen LogP) is 2.07. The molecule has 0 aliphatic rings. The molecule has 2 aromatic carbocycles. The number of methoxy groups -OCH3 is 2. The summed E-state index contributed by atoms with van der Waals surface area (Å²) in [5, 5.41) is 5.58. The first-order valence-corrected chi connectivity index (χ1v) is 8.41. The van der Waals surface area contributed by atoms with Crippen LogP contribution in [0.4, 0.5) is 0 Å². The summed E-state index contributed by atoms with van der Waals surface area (Å²) >= 11 is 0. The van der Waals surface area contributed by atoms with Gasteiger partial charge in [0.05, 0.1) is 20.6 Å². The van der Waals surface area contributed by atoms with Crippen LogP contribution in [0.2, 0.25) is 0 Å². The molecular weight excluding hydrogens is 332 g/mol. The molecule has 138 valence electrons. The van der Waals surface area contributed by atoms with Gasteiger partial charge >= 0.3 is 0 Å². The molecule has 0 saturated carbocycles. The number of hydrogen-bond acceptors (Lipinski definition) is 4. The fourth-order valence-corrected chi connectivity index (χ4v) is 2.53. The van der Waals surface area contributed by atoms with Crippen molar-refractivity contribution in [1.82, 2.24) is 10.6 Å². The standard InChI is InChI=1S/C20H24N2O4/c1-25-17-10-6-9-16(20(17)26-2)14-22-18(23)11-12-21-19(24)13-15-7-4-3-5-8-15/h3-10H,11-14H2,1-2H3,(H,21,24)(H,22,23). The van der Waals surface area contributed by atoms with Gasteiger partial charge in [-0.3, -0.25) is 9.59 Å². The smallest absolute Gasteiger partial charge is 0.224 e. The third-order valence-corrected chi connectivity index (χ3v) is 3.84. The van der Waals surface area contributed by atoms with E-state index in [1.165, 1.54) is 0 Å². The SMILES string of the molecule is COc1cccc(CNC(=O)CCNC(=O)Cc2ccccc2)c1OC. The number of carbonyl (C=O) groups excluding carboxylic acids is 2. The van der Waals surface area contributed by atoms with Crippen molar-refractivity contribution in [3.8, 4) is 11.5 Å². The van der Waals surface area contributed by atoms with E-state index >= 15 is 0 Å². The second kappa shape index (κ2) is 10.1. The van der Waals surface area contributed by atoms with Crippen LogP contribution in [-0.4, -0.2) is 32.6 Å². The van der Waals surface area contributed by atoms with Gasteiger partial charge in [0.25, 0.3) is 0 Å². The molecule has 0 aliphatic heterocycles. The number of rotatable bonds is 9. The van der Waals surface area contributed by atoms with E-state index in [-0.39, 0.29) is 18.2 Å². The Kier molecular flexibility index (Phi) is 7.49. The average molecular weight is 356 g/mol. The minimum atomic E-state index is -0.144. The van der Waals surface area contributed by atoms with Crippen molar-refractivity contribution in [3.05, 3.63) is 59.7 Å². The van der Waals surface area contributed by atoms with Crippen molar-refractivity contribution in [1.29, 1.82) is 0 Å². The van der Waals surface area contributed by atoms with Gasteiger partial charge in [-0.1, -0.05) is 42.5 Å². The van der Waals surface area contributed by atoms with E-state index in [1.807, 2.05) is 42.5 Å². The third kappa shape index (κ3) is 5.81. The Bertz CT molecular complexity index is 732. The zero-order valence-corrected chi connectivity index (χ0v) is 15.1. The van der Waals surface area contributed by atoms with E-state index in [4.69, 9.17) is 9.47 Å².